The van der Waals surface area contributed by atoms with E-state index < -0.39 is 11.5 Å². The maximum absolute atomic E-state index is 11.1. The van der Waals surface area contributed by atoms with E-state index in [0.717, 1.165) is 45.4 Å². The number of carboxylic acids is 1. The van der Waals surface area contributed by atoms with Crippen LogP contribution in [-0.4, -0.2) is 47.7 Å². The summed E-state index contributed by atoms with van der Waals surface area (Å²) in [5.74, 6) is -0.624. The third-order valence-electron chi connectivity index (χ3n) is 3.30. The fraction of sp³-hybridized carbons (Fsp3) is 0.889. The van der Waals surface area contributed by atoms with E-state index >= 15 is 0 Å². The Morgan fingerprint density at radius 2 is 1.92 bits per heavy atom. The van der Waals surface area contributed by atoms with E-state index in [0.29, 0.717) is 0 Å². The summed E-state index contributed by atoms with van der Waals surface area (Å²) < 4.78 is 0. The van der Waals surface area contributed by atoms with Crippen molar-refractivity contribution >= 4 is 5.97 Å². The van der Waals surface area contributed by atoms with Crippen LogP contribution < -0.4 is 5.32 Å². The van der Waals surface area contributed by atoms with Crippen LogP contribution >= 0.6 is 0 Å². The molecule has 4 nitrogen and oxygen atoms in total. The van der Waals surface area contributed by atoms with E-state index in [1.165, 1.54) is 0 Å². The Bertz CT molecular complexity index is 208. The van der Waals surface area contributed by atoms with Gasteiger partial charge in [-0.2, -0.15) is 0 Å². The number of nitrogens with one attached hydrogen (secondary N) is 1. The summed E-state index contributed by atoms with van der Waals surface area (Å²) in [6, 6.07) is 0. The van der Waals surface area contributed by atoms with E-state index in [4.69, 9.17) is 0 Å². The van der Waals surface area contributed by atoms with Gasteiger partial charge in [-0.3, -0.25) is 9.69 Å². The topological polar surface area (TPSA) is 52.6 Å². The summed E-state index contributed by atoms with van der Waals surface area (Å²) in [5, 5.41) is 12.4. The maximum Gasteiger partial charge on any atom is 0.324 e. The van der Waals surface area contributed by atoms with Crippen LogP contribution in [-0.2, 0) is 4.79 Å². The van der Waals surface area contributed by atoms with Crippen LogP contribution in [0.15, 0.2) is 0 Å². The summed E-state index contributed by atoms with van der Waals surface area (Å²) in [6.07, 6.45) is 2.74. The van der Waals surface area contributed by atoms with Crippen LogP contribution in [0, 0.1) is 0 Å². The van der Waals surface area contributed by atoms with Crippen LogP contribution in [0.1, 0.15) is 19.3 Å². The Morgan fingerprint density at radius 3 is 2.31 bits per heavy atom. The summed E-state index contributed by atoms with van der Waals surface area (Å²) in [4.78, 5) is 13.3. The van der Waals surface area contributed by atoms with Crippen molar-refractivity contribution < 1.29 is 9.90 Å². The highest BCUT2D eigenvalue weighted by molar-refractivity contribution is 5.80. The van der Waals surface area contributed by atoms with Gasteiger partial charge in [-0.25, -0.2) is 0 Å². The van der Waals surface area contributed by atoms with Crippen LogP contribution in [0.5, 0.6) is 0 Å². The Morgan fingerprint density at radius 1 is 1.31 bits per heavy atom. The highest BCUT2D eigenvalue weighted by Gasteiger charge is 2.49. The molecular weight excluding hydrogens is 168 g/mol. The number of aliphatic carboxylic acids is 1. The second-order valence-electron chi connectivity index (χ2n) is 3.93. The Hall–Kier alpha value is -0.610. The largest absolute Gasteiger partial charge is 0.480 e. The van der Waals surface area contributed by atoms with Crippen LogP contribution in [0.2, 0.25) is 0 Å². The van der Waals surface area contributed by atoms with Gasteiger partial charge in [0.1, 0.15) is 5.54 Å². The predicted octanol–water partition coefficient (Wildman–Crippen LogP) is -0.101. The lowest BCUT2D eigenvalue weighted by Crippen LogP contribution is -2.63. The maximum atomic E-state index is 11.1. The van der Waals surface area contributed by atoms with Gasteiger partial charge in [0.15, 0.2) is 0 Å². The van der Waals surface area contributed by atoms with Crippen LogP contribution in [0.4, 0.5) is 0 Å². The van der Waals surface area contributed by atoms with E-state index in [-0.39, 0.29) is 0 Å². The molecule has 13 heavy (non-hydrogen) atoms. The van der Waals surface area contributed by atoms with Crippen molar-refractivity contribution in [3.05, 3.63) is 0 Å². The first kappa shape index (κ1) is 8.97. The lowest BCUT2D eigenvalue weighted by atomic mass is 9.75. The fourth-order valence-electron chi connectivity index (χ4n) is 2.27. The van der Waals surface area contributed by atoms with Gasteiger partial charge in [0, 0.05) is 26.2 Å². The average Bonchev–Trinajstić information content (AvgIpc) is 2.03. The molecule has 0 aromatic heterocycles. The minimum atomic E-state index is -0.624. The molecule has 0 spiro atoms. The summed E-state index contributed by atoms with van der Waals surface area (Å²) in [6.45, 7) is 3.61. The van der Waals surface area contributed by atoms with E-state index in [1.807, 2.05) is 0 Å². The molecule has 1 aliphatic heterocycles. The summed E-state index contributed by atoms with van der Waals surface area (Å²) in [5.41, 5.74) is -0.498. The van der Waals surface area contributed by atoms with Gasteiger partial charge in [0.05, 0.1) is 0 Å². The molecule has 1 saturated heterocycles. The molecule has 1 aliphatic carbocycles. The number of rotatable bonds is 2. The molecule has 1 saturated carbocycles. The lowest BCUT2D eigenvalue weighted by Gasteiger charge is -2.48. The molecule has 74 valence electrons. The van der Waals surface area contributed by atoms with E-state index in [9.17, 15) is 9.90 Å². The molecule has 1 heterocycles. The van der Waals surface area contributed by atoms with Crippen molar-refractivity contribution in [2.75, 3.05) is 26.2 Å². The van der Waals surface area contributed by atoms with Crippen molar-refractivity contribution in [3.8, 4) is 0 Å². The molecule has 2 N–H and O–H groups in total. The van der Waals surface area contributed by atoms with Crippen molar-refractivity contribution in [2.45, 2.75) is 24.8 Å². The molecule has 0 bridgehead atoms. The van der Waals surface area contributed by atoms with Crippen LogP contribution in [0.3, 0.4) is 0 Å². The molecule has 4 heteroatoms. The Kier molecular flexibility index (Phi) is 2.26. The fourth-order valence-corrected chi connectivity index (χ4v) is 2.27. The first-order valence-corrected chi connectivity index (χ1v) is 4.95. The number of carboxylic acid groups (broad SMARTS) is 1. The van der Waals surface area contributed by atoms with Gasteiger partial charge in [0.25, 0.3) is 0 Å². The average molecular weight is 184 g/mol. The normalized spacial score (nSPS) is 28.0. The van der Waals surface area contributed by atoms with Crippen molar-refractivity contribution in [1.29, 1.82) is 0 Å². The van der Waals surface area contributed by atoms with Crippen molar-refractivity contribution in [2.24, 2.45) is 0 Å². The molecule has 0 radical (unpaired) electrons. The standard InChI is InChI=1S/C9H16N2O2/c12-8(13)9(2-1-3-9)11-6-4-10-5-7-11/h10H,1-7H2,(H,12,13). The molecular formula is C9H16N2O2. The third-order valence-corrected chi connectivity index (χ3v) is 3.30. The van der Waals surface area contributed by atoms with Gasteiger partial charge in [0.2, 0.25) is 0 Å². The molecule has 0 aromatic carbocycles. The van der Waals surface area contributed by atoms with E-state index in [2.05, 4.69) is 10.2 Å². The molecule has 2 aliphatic rings. The zero-order valence-corrected chi connectivity index (χ0v) is 7.75. The smallest absolute Gasteiger partial charge is 0.324 e. The van der Waals surface area contributed by atoms with Crippen LogP contribution in [0.25, 0.3) is 0 Å². The number of hydrogen-bond acceptors (Lipinski definition) is 3. The minimum Gasteiger partial charge on any atom is -0.480 e. The second-order valence-corrected chi connectivity index (χ2v) is 3.93. The lowest BCUT2D eigenvalue weighted by molar-refractivity contribution is -0.159. The highest BCUT2D eigenvalue weighted by atomic mass is 16.4. The summed E-state index contributed by atoms with van der Waals surface area (Å²) >= 11 is 0. The summed E-state index contributed by atoms with van der Waals surface area (Å²) in [7, 11) is 0. The molecule has 0 unspecified atom stereocenters. The quantitative estimate of drug-likeness (QED) is 0.629. The van der Waals surface area contributed by atoms with Gasteiger partial charge < -0.3 is 10.4 Å². The number of carbonyl (C=O) groups is 1. The predicted molar refractivity (Wildman–Crippen MR) is 48.7 cm³/mol. The monoisotopic (exact) mass is 184 g/mol. The number of piperazine rings is 1. The van der Waals surface area contributed by atoms with Gasteiger partial charge >= 0.3 is 5.97 Å². The number of hydrogen-bond donors (Lipinski definition) is 2. The molecule has 0 aromatic rings. The molecule has 2 fully saturated rings. The van der Waals surface area contributed by atoms with Gasteiger partial charge in [-0.05, 0) is 19.3 Å². The SMILES string of the molecule is O=C(O)C1(N2CCNCC2)CCC1. The third kappa shape index (κ3) is 1.34. The molecule has 0 amide bonds. The second kappa shape index (κ2) is 3.27. The Labute approximate surface area is 77.9 Å². The van der Waals surface area contributed by atoms with Crippen molar-refractivity contribution in [3.63, 3.8) is 0 Å². The highest BCUT2D eigenvalue weighted by Crippen LogP contribution is 2.37. The molecule has 2 rings (SSSR count). The first-order valence-electron chi connectivity index (χ1n) is 4.95. The number of nitrogens with zero attached hydrogens (tertiary/aromatic N) is 1. The zero-order chi connectivity index (χ0) is 9.31. The first-order chi connectivity index (χ1) is 6.26. The van der Waals surface area contributed by atoms with Crippen molar-refractivity contribution in [1.82, 2.24) is 10.2 Å². The molecule has 0 atom stereocenters. The van der Waals surface area contributed by atoms with E-state index in [1.54, 1.807) is 0 Å². The van der Waals surface area contributed by atoms with Gasteiger partial charge in [-0.15, -0.1) is 0 Å². The zero-order valence-electron chi connectivity index (χ0n) is 7.75. The van der Waals surface area contributed by atoms with Gasteiger partial charge in [-0.1, -0.05) is 0 Å². The Balaban J connectivity index is 2.06. The minimum absolute atomic E-state index is 0.498.